The molecule has 0 spiro atoms. The van der Waals surface area contributed by atoms with Crippen LogP contribution in [0.5, 0.6) is 0 Å². The fraction of sp³-hybridized carbons (Fsp3) is 0.333. The van der Waals surface area contributed by atoms with Crippen LogP contribution in [0.2, 0.25) is 5.02 Å². The molecule has 2 N–H and O–H groups in total. The van der Waals surface area contributed by atoms with E-state index >= 15 is 0 Å². The minimum atomic E-state index is -4.44. The molecule has 0 aliphatic rings. The standard InChI is InChI=1S/C9H9ClF3N/c1-5-2-6(4-14)8(7(10)3-5)9(11,12)13/h2-3H,4,14H2,1H3. The SMILES string of the molecule is Cc1cc(Cl)c(C(F)(F)F)c(CN)c1. The number of aryl methyl sites for hydroxylation is 1. The van der Waals surface area contributed by atoms with Crippen molar-refractivity contribution in [3.05, 3.63) is 33.8 Å². The molecule has 0 aromatic heterocycles. The highest BCUT2D eigenvalue weighted by molar-refractivity contribution is 6.31. The van der Waals surface area contributed by atoms with Crippen LogP contribution >= 0.6 is 11.6 Å². The van der Waals surface area contributed by atoms with Crippen molar-refractivity contribution < 1.29 is 13.2 Å². The molecule has 1 nitrogen and oxygen atoms in total. The van der Waals surface area contributed by atoms with E-state index in [9.17, 15) is 13.2 Å². The van der Waals surface area contributed by atoms with Crippen molar-refractivity contribution in [3.63, 3.8) is 0 Å². The maximum absolute atomic E-state index is 12.5. The summed E-state index contributed by atoms with van der Waals surface area (Å²) in [6.45, 7) is 1.50. The normalized spacial score (nSPS) is 11.9. The fourth-order valence-corrected chi connectivity index (χ4v) is 1.69. The second-order valence-electron chi connectivity index (χ2n) is 2.98. The van der Waals surface area contributed by atoms with Gasteiger partial charge in [-0.3, -0.25) is 0 Å². The summed E-state index contributed by atoms with van der Waals surface area (Å²) in [5.74, 6) is 0. The van der Waals surface area contributed by atoms with Gasteiger partial charge in [0.05, 0.1) is 10.6 Å². The van der Waals surface area contributed by atoms with E-state index in [1.54, 1.807) is 6.92 Å². The summed E-state index contributed by atoms with van der Waals surface area (Å²) in [7, 11) is 0. The summed E-state index contributed by atoms with van der Waals surface area (Å²) in [5, 5.41) is -0.294. The average Bonchev–Trinajstić information content (AvgIpc) is 1.99. The highest BCUT2D eigenvalue weighted by Crippen LogP contribution is 2.37. The fourth-order valence-electron chi connectivity index (χ4n) is 1.29. The first kappa shape index (κ1) is 11.3. The highest BCUT2D eigenvalue weighted by Gasteiger charge is 2.35. The molecule has 78 valence electrons. The molecule has 0 bridgehead atoms. The molecular weight excluding hydrogens is 215 g/mol. The van der Waals surface area contributed by atoms with Crippen LogP contribution in [0.4, 0.5) is 13.2 Å². The lowest BCUT2D eigenvalue weighted by molar-refractivity contribution is -0.138. The topological polar surface area (TPSA) is 26.0 Å². The number of hydrogen-bond acceptors (Lipinski definition) is 1. The lowest BCUT2D eigenvalue weighted by Crippen LogP contribution is -2.13. The van der Waals surface area contributed by atoms with Gasteiger partial charge < -0.3 is 5.73 Å². The van der Waals surface area contributed by atoms with Crippen LogP contribution in [0.3, 0.4) is 0 Å². The van der Waals surface area contributed by atoms with E-state index in [4.69, 9.17) is 17.3 Å². The average molecular weight is 224 g/mol. The van der Waals surface area contributed by atoms with Crippen molar-refractivity contribution in [1.29, 1.82) is 0 Å². The molecule has 0 saturated carbocycles. The van der Waals surface area contributed by atoms with Gasteiger partial charge in [0, 0.05) is 6.54 Å². The van der Waals surface area contributed by atoms with E-state index in [-0.39, 0.29) is 17.1 Å². The van der Waals surface area contributed by atoms with E-state index in [2.05, 4.69) is 0 Å². The predicted molar refractivity (Wildman–Crippen MR) is 49.1 cm³/mol. The summed E-state index contributed by atoms with van der Waals surface area (Å²) < 4.78 is 37.5. The summed E-state index contributed by atoms with van der Waals surface area (Å²) >= 11 is 5.52. The third kappa shape index (κ3) is 2.19. The molecule has 1 rings (SSSR count). The molecule has 0 radical (unpaired) electrons. The van der Waals surface area contributed by atoms with Crippen molar-refractivity contribution in [1.82, 2.24) is 0 Å². The second-order valence-corrected chi connectivity index (χ2v) is 3.39. The predicted octanol–water partition coefficient (Wildman–Crippen LogP) is 3.13. The van der Waals surface area contributed by atoms with Crippen LogP contribution in [0.15, 0.2) is 12.1 Å². The number of halogens is 4. The van der Waals surface area contributed by atoms with Gasteiger partial charge in [-0.05, 0) is 24.1 Å². The van der Waals surface area contributed by atoms with E-state index in [0.717, 1.165) is 0 Å². The maximum atomic E-state index is 12.5. The van der Waals surface area contributed by atoms with E-state index < -0.39 is 11.7 Å². The zero-order valence-electron chi connectivity index (χ0n) is 7.45. The van der Waals surface area contributed by atoms with Crippen LogP contribution in [0, 0.1) is 6.92 Å². The Kier molecular flexibility index (Phi) is 3.07. The molecule has 14 heavy (non-hydrogen) atoms. The summed E-state index contributed by atoms with van der Waals surface area (Å²) in [6, 6.07) is 2.68. The quantitative estimate of drug-likeness (QED) is 0.778. The zero-order chi connectivity index (χ0) is 10.9. The smallest absolute Gasteiger partial charge is 0.326 e. The molecule has 1 aromatic carbocycles. The lowest BCUT2D eigenvalue weighted by Gasteiger charge is -2.14. The van der Waals surface area contributed by atoms with Gasteiger partial charge in [-0.25, -0.2) is 0 Å². The largest absolute Gasteiger partial charge is 0.418 e. The van der Waals surface area contributed by atoms with Crippen molar-refractivity contribution in [3.8, 4) is 0 Å². The summed E-state index contributed by atoms with van der Waals surface area (Å²) in [5.41, 5.74) is 5.10. The van der Waals surface area contributed by atoms with Gasteiger partial charge in [0.25, 0.3) is 0 Å². The van der Waals surface area contributed by atoms with Gasteiger partial charge in [-0.2, -0.15) is 13.2 Å². The van der Waals surface area contributed by atoms with E-state index in [0.29, 0.717) is 5.56 Å². The Labute approximate surface area is 84.7 Å². The highest BCUT2D eigenvalue weighted by atomic mass is 35.5. The maximum Gasteiger partial charge on any atom is 0.418 e. The van der Waals surface area contributed by atoms with E-state index in [1.165, 1.54) is 12.1 Å². The molecular formula is C9H9ClF3N. The number of hydrogen-bond donors (Lipinski definition) is 1. The molecule has 0 amide bonds. The molecule has 0 unspecified atom stereocenters. The molecule has 0 saturated heterocycles. The number of alkyl halides is 3. The van der Waals surface area contributed by atoms with Crippen LogP contribution in [0.1, 0.15) is 16.7 Å². The minimum absolute atomic E-state index is 0.0301. The molecule has 5 heteroatoms. The Bertz CT molecular complexity index is 347. The second kappa shape index (κ2) is 3.79. The summed E-state index contributed by atoms with van der Waals surface area (Å²) in [6.07, 6.45) is -4.44. The zero-order valence-corrected chi connectivity index (χ0v) is 8.21. The van der Waals surface area contributed by atoms with Gasteiger partial charge in [0.15, 0.2) is 0 Å². The van der Waals surface area contributed by atoms with E-state index in [1.807, 2.05) is 0 Å². The summed E-state index contributed by atoms with van der Waals surface area (Å²) in [4.78, 5) is 0. The van der Waals surface area contributed by atoms with Crippen molar-refractivity contribution >= 4 is 11.6 Å². The Hall–Kier alpha value is -0.740. The Morgan fingerprint density at radius 3 is 2.36 bits per heavy atom. The minimum Gasteiger partial charge on any atom is -0.326 e. The van der Waals surface area contributed by atoms with Crippen molar-refractivity contribution in [2.24, 2.45) is 5.73 Å². The molecule has 0 aliphatic carbocycles. The molecule has 0 heterocycles. The van der Waals surface area contributed by atoms with Crippen LogP contribution < -0.4 is 5.73 Å². The van der Waals surface area contributed by atoms with Crippen LogP contribution in [-0.2, 0) is 12.7 Å². The molecule has 0 aliphatic heterocycles. The van der Waals surface area contributed by atoms with Gasteiger partial charge in [0.2, 0.25) is 0 Å². The van der Waals surface area contributed by atoms with Crippen LogP contribution in [0.25, 0.3) is 0 Å². The third-order valence-electron chi connectivity index (χ3n) is 1.82. The lowest BCUT2D eigenvalue weighted by atomic mass is 10.0. The molecule has 0 atom stereocenters. The Balaban J connectivity index is 3.40. The van der Waals surface area contributed by atoms with Gasteiger partial charge in [0.1, 0.15) is 0 Å². The van der Waals surface area contributed by atoms with Crippen molar-refractivity contribution in [2.45, 2.75) is 19.6 Å². The first-order chi connectivity index (χ1) is 6.36. The first-order valence-corrected chi connectivity index (χ1v) is 4.30. The number of nitrogens with two attached hydrogens (primary N) is 1. The third-order valence-corrected chi connectivity index (χ3v) is 2.12. The Morgan fingerprint density at radius 1 is 1.36 bits per heavy atom. The number of benzene rings is 1. The van der Waals surface area contributed by atoms with Gasteiger partial charge >= 0.3 is 6.18 Å². The van der Waals surface area contributed by atoms with Gasteiger partial charge in [-0.1, -0.05) is 17.7 Å². The number of rotatable bonds is 1. The molecule has 0 fully saturated rings. The van der Waals surface area contributed by atoms with Crippen LogP contribution in [-0.4, -0.2) is 0 Å². The molecule has 1 aromatic rings. The monoisotopic (exact) mass is 223 g/mol. The van der Waals surface area contributed by atoms with Gasteiger partial charge in [-0.15, -0.1) is 0 Å². The van der Waals surface area contributed by atoms with Crippen molar-refractivity contribution in [2.75, 3.05) is 0 Å². The Morgan fingerprint density at radius 2 is 1.93 bits per heavy atom. The first-order valence-electron chi connectivity index (χ1n) is 3.92.